The molecule has 3 rings (SSSR count). The van der Waals surface area contributed by atoms with Gasteiger partial charge in [-0.1, -0.05) is 6.07 Å². The summed E-state index contributed by atoms with van der Waals surface area (Å²) in [5, 5.41) is 0.476. The molecule has 1 aromatic heterocycles. The Kier molecular flexibility index (Phi) is 4.07. The van der Waals surface area contributed by atoms with Gasteiger partial charge in [-0.05, 0) is 72.0 Å². The van der Waals surface area contributed by atoms with Crippen LogP contribution in [0.4, 0.5) is 0 Å². The molecule has 0 radical (unpaired) electrons. The largest absolute Gasteiger partial charge is 0.461 e. The first-order valence-electron chi connectivity index (χ1n) is 6.64. The van der Waals surface area contributed by atoms with Crippen molar-refractivity contribution < 1.29 is 9.53 Å². The molecule has 0 amide bonds. The quantitative estimate of drug-likeness (QED) is 0.565. The fourth-order valence-corrected chi connectivity index (χ4v) is 3.98. The molecule has 20 heavy (non-hydrogen) atoms. The molecule has 1 heterocycles. The SMILES string of the molecule is CCOC(=O)c1nc2c(s1)-c1cc(I)ccc1CCC2. The van der Waals surface area contributed by atoms with E-state index in [2.05, 4.69) is 45.8 Å². The molecule has 0 fully saturated rings. The zero-order chi connectivity index (χ0) is 14.1. The summed E-state index contributed by atoms with van der Waals surface area (Å²) in [6, 6.07) is 6.51. The molecular formula is C15H14INO2S. The van der Waals surface area contributed by atoms with Crippen molar-refractivity contribution in [1.29, 1.82) is 0 Å². The van der Waals surface area contributed by atoms with E-state index in [1.165, 1.54) is 26.0 Å². The van der Waals surface area contributed by atoms with Gasteiger partial charge < -0.3 is 4.74 Å². The monoisotopic (exact) mass is 399 g/mol. The molecule has 1 aliphatic rings. The van der Waals surface area contributed by atoms with Gasteiger partial charge in [0.2, 0.25) is 5.01 Å². The summed E-state index contributed by atoms with van der Waals surface area (Å²) in [5.41, 5.74) is 3.62. The summed E-state index contributed by atoms with van der Waals surface area (Å²) in [7, 11) is 0. The molecule has 0 spiro atoms. The van der Waals surface area contributed by atoms with Gasteiger partial charge in [-0.15, -0.1) is 11.3 Å². The highest BCUT2D eigenvalue weighted by molar-refractivity contribution is 14.1. The Morgan fingerprint density at radius 1 is 1.45 bits per heavy atom. The van der Waals surface area contributed by atoms with Crippen LogP contribution in [0.2, 0.25) is 0 Å². The van der Waals surface area contributed by atoms with Gasteiger partial charge in [0.1, 0.15) is 0 Å². The summed E-state index contributed by atoms with van der Waals surface area (Å²) < 4.78 is 6.26. The van der Waals surface area contributed by atoms with E-state index in [0.717, 1.165) is 29.8 Å². The molecule has 1 aromatic carbocycles. The highest BCUT2D eigenvalue weighted by Crippen LogP contribution is 2.37. The Morgan fingerprint density at radius 3 is 3.10 bits per heavy atom. The van der Waals surface area contributed by atoms with Gasteiger partial charge in [0.05, 0.1) is 17.2 Å². The number of aromatic nitrogens is 1. The number of carbonyl (C=O) groups is 1. The Bertz CT molecular complexity index is 666. The number of aryl methyl sites for hydroxylation is 2. The Balaban J connectivity index is 2.09. The average Bonchev–Trinajstić information content (AvgIpc) is 2.78. The normalized spacial score (nSPS) is 13.3. The number of fused-ring (bicyclic) bond motifs is 3. The maximum absolute atomic E-state index is 11.9. The zero-order valence-electron chi connectivity index (χ0n) is 11.1. The summed E-state index contributed by atoms with van der Waals surface area (Å²) in [4.78, 5) is 17.5. The van der Waals surface area contributed by atoms with Crippen molar-refractivity contribution in [2.45, 2.75) is 26.2 Å². The highest BCUT2D eigenvalue weighted by atomic mass is 127. The molecule has 2 aromatic rings. The number of rotatable bonds is 2. The van der Waals surface area contributed by atoms with Crippen LogP contribution in [-0.2, 0) is 17.6 Å². The lowest BCUT2D eigenvalue weighted by Gasteiger charge is -2.05. The smallest absolute Gasteiger partial charge is 0.367 e. The predicted molar refractivity (Wildman–Crippen MR) is 88.2 cm³/mol. The topological polar surface area (TPSA) is 39.2 Å². The molecule has 104 valence electrons. The van der Waals surface area contributed by atoms with Crippen LogP contribution in [0.25, 0.3) is 10.4 Å². The van der Waals surface area contributed by atoms with E-state index in [1.54, 1.807) is 0 Å². The third-order valence-electron chi connectivity index (χ3n) is 3.32. The van der Waals surface area contributed by atoms with E-state index in [0.29, 0.717) is 11.6 Å². The second-order valence-corrected chi connectivity index (χ2v) is 6.92. The van der Waals surface area contributed by atoms with E-state index in [9.17, 15) is 4.79 Å². The van der Waals surface area contributed by atoms with E-state index >= 15 is 0 Å². The number of esters is 1. The van der Waals surface area contributed by atoms with Gasteiger partial charge in [0.25, 0.3) is 0 Å². The van der Waals surface area contributed by atoms with Gasteiger partial charge in [0, 0.05) is 3.57 Å². The van der Waals surface area contributed by atoms with Gasteiger partial charge in [0.15, 0.2) is 0 Å². The van der Waals surface area contributed by atoms with Crippen LogP contribution in [-0.4, -0.2) is 17.6 Å². The van der Waals surface area contributed by atoms with Crippen molar-refractivity contribution in [2.75, 3.05) is 6.61 Å². The molecule has 0 saturated heterocycles. The standard InChI is InChI=1S/C15H14INO2S/c1-2-19-15(18)14-17-12-5-3-4-9-6-7-10(16)8-11(9)13(12)20-14/h6-8H,2-5H2,1H3. The summed E-state index contributed by atoms with van der Waals surface area (Å²) >= 11 is 3.78. The second-order valence-electron chi connectivity index (χ2n) is 4.67. The van der Waals surface area contributed by atoms with E-state index in [4.69, 9.17) is 4.74 Å². The highest BCUT2D eigenvalue weighted by Gasteiger charge is 2.22. The van der Waals surface area contributed by atoms with Gasteiger partial charge in [-0.2, -0.15) is 0 Å². The molecule has 0 N–H and O–H groups in total. The zero-order valence-corrected chi connectivity index (χ0v) is 14.1. The molecule has 0 unspecified atom stereocenters. The van der Waals surface area contributed by atoms with Crippen molar-refractivity contribution in [2.24, 2.45) is 0 Å². The number of thiazole rings is 1. The van der Waals surface area contributed by atoms with Crippen LogP contribution < -0.4 is 0 Å². The van der Waals surface area contributed by atoms with Crippen molar-refractivity contribution >= 4 is 39.9 Å². The summed E-state index contributed by atoms with van der Waals surface area (Å²) in [5.74, 6) is -0.308. The minimum absolute atomic E-state index is 0.308. The first-order valence-corrected chi connectivity index (χ1v) is 8.54. The maximum atomic E-state index is 11.9. The van der Waals surface area contributed by atoms with Crippen LogP contribution in [0.3, 0.4) is 0 Å². The molecule has 3 nitrogen and oxygen atoms in total. The van der Waals surface area contributed by atoms with E-state index < -0.39 is 0 Å². The lowest BCUT2D eigenvalue weighted by atomic mass is 10.0. The van der Waals surface area contributed by atoms with Crippen molar-refractivity contribution in [3.05, 3.63) is 38.0 Å². The molecule has 0 atom stereocenters. The number of benzene rings is 1. The van der Waals surface area contributed by atoms with Crippen LogP contribution in [0, 0.1) is 3.57 Å². The first-order chi connectivity index (χ1) is 9.69. The number of hydrogen-bond acceptors (Lipinski definition) is 4. The lowest BCUT2D eigenvalue weighted by Crippen LogP contribution is -2.04. The first kappa shape index (κ1) is 14.0. The Morgan fingerprint density at radius 2 is 2.30 bits per heavy atom. The lowest BCUT2D eigenvalue weighted by molar-refractivity contribution is 0.0525. The van der Waals surface area contributed by atoms with E-state index in [1.807, 2.05) is 6.92 Å². The van der Waals surface area contributed by atoms with Gasteiger partial charge >= 0.3 is 5.97 Å². The Labute approximate surface area is 135 Å². The van der Waals surface area contributed by atoms with Gasteiger partial charge in [-0.25, -0.2) is 9.78 Å². The van der Waals surface area contributed by atoms with E-state index in [-0.39, 0.29) is 5.97 Å². The van der Waals surface area contributed by atoms with Crippen molar-refractivity contribution in [1.82, 2.24) is 4.98 Å². The minimum atomic E-state index is -0.308. The molecular weight excluding hydrogens is 385 g/mol. The molecule has 0 saturated carbocycles. The predicted octanol–water partition coefficient (Wildman–Crippen LogP) is 4.08. The van der Waals surface area contributed by atoms with Crippen LogP contribution in [0.1, 0.15) is 34.4 Å². The molecule has 1 aliphatic carbocycles. The minimum Gasteiger partial charge on any atom is -0.461 e. The molecule has 0 aliphatic heterocycles. The average molecular weight is 399 g/mol. The molecule has 0 bridgehead atoms. The molecule has 5 heteroatoms. The summed E-state index contributed by atoms with van der Waals surface area (Å²) in [6.07, 6.45) is 3.08. The second kappa shape index (κ2) is 5.81. The fraction of sp³-hybridized carbons (Fsp3) is 0.333. The number of carbonyl (C=O) groups excluding carboxylic acids is 1. The maximum Gasteiger partial charge on any atom is 0.367 e. The van der Waals surface area contributed by atoms with Gasteiger partial charge in [-0.3, -0.25) is 0 Å². The van der Waals surface area contributed by atoms with Crippen LogP contribution in [0.5, 0.6) is 0 Å². The van der Waals surface area contributed by atoms with Crippen molar-refractivity contribution in [3.8, 4) is 10.4 Å². The van der Waals surface area contributed by atoms with Crippen molar-refractivity contribution in [3.63, 3.8) is 0 Å². The Hall–Kier alpha value is -0.950. The number of nitrogens with zero attached hydrogens (tertiary/aromatic N) is 1. The third kappa shape index (κ3) is 2.61. The van der Waals surface area contributed by atoms with Crippen LogP contribution in [0.15, 0.2) is 18.2 Å². The van der Waals surface area contributed by atoms with Crippen LogP contribution >= 0.6 is 33.9 Å². The number of halogens is 1. The number of ether oxygens (including phenoxy) is 1. The third-order valence-corrected chi connectivity index (χ3v) is 5.11. The number of hydrogen-bond donors (Lipinski definition) is 0. The fourth-order valence-electron chi connectivity index (χ4n) is 2.44. The summed E-state index contributed by atoms with van der Waals surface area (Å²) in [6.45, 7) is 2.20.